The van der Waals surface area contributed by atoms with Gasteiger partial charge in [-0.25, -0.2) is 0 Å². The van der Waals surface area contributed by atoms with Crippen molar-refractivity contribution in [3.63, 3.8) is 0 Å². The van der Waals surface area contributed by atoms with Crippen molar-refractivity contribution >= 4 is 34.1 Å². The highest BCUT2D eigenvalue weighted by molar-refractivity contribution is 6.62. The molecule has 1 saturated heterocycles. The summed E-state index contributed by atoms with van der Waals surface area (Å²) in [4.78, 5) is 0. The van der Waals surface area contributed by atoms with E-state index in [4.69, 9.17) is 9.31 Å². The monoisotopic (exact) mass is 544 g/mol. The van der Waals surface area contributed by atoms with Crippen molar-refractivity contribution in [1.29, 1.82) is 0 Å². The molecular formula is C39H33BO2. The molecule has 0 amide bonds. The topological polar surface area (TPSA) is 18.5 Å². The summed E-state index contributed by atoms with van der Waals surface area (Å²) in [5.41, 5.74) is 7.58. The third kappa shape index (κ3) is 3.35. The lowest BCUT2D eigenvalue weighted by Gasteiger charge is -2.35. The quantitative estimate of drug-likeness (QED) is 0.164. The van der Waals surface area contributed by atoms with Gasteiger partial charge in [-0.15, -0.1) is 0 Å². The Morgan fingerprint density at radius 3 is 1.64 bits per heavy atom. The Hall–Kier alpha value is -4.18. The molecule has 1 fully saturated rings. The average molecular weight is 545 g/mol. The summed E-state index contributed by atoms with van der Waals surface area (Å²) in [5, 5.41) is 5.17. The largest absolute Gasteiger partial charge is 0.494 e. The highest BCUT2D eigenvalue weighted by Gasteiger charge is 2.52. The number of rotatable bonds is 3. The minimum atomic E-state index is -0.495. The van der Waals surface area contributed by atoms with Gasteiger partial charge >= 0.3 is 7.12 Å². The Morgan fingerprint density at radius 1 is 0.476 bits per heavy atom. The minimum absolute atomic E-state index is 0.384. The summed E-state index contributed by atoms with van der Waals surface area (Å²) >= 11 is 0. The van der Waals surface area contributed by atoms with Crippen LogP contribution in [-0.4, -0.2) is 18.3 Å². The number of hydrogen-bond acceptors (Lipinski definition) is 2. The molecule has 0 bridgehead atoms. The Bertz CT molecular complexity index is 1980. The SMILES string of the molecule is CC1(C)OB(c2ccc(C3(c4ccccc4)c4ccccc4-c4c3c3ccccc3c3ccccc43)cc2)OC1(C)C. The third-order valence-electron chi connectivity index (χ3n) is 9.98. The number of fused-ring (bicyclic) bond motifs is 8. The van der Waals surface area contributed by atoms with Crippen LogP contribution in [-0.2, 0) is 14.7 Å². The molecule has 0 radical (unpaired) electrons. The molecule has 2 nitrogen and oxygen atoms in total. The van der Waals surface area contributed by atoms with Gasteiger partial charge in [-0.2, -0.15) is 0 Å². The van der Waals surface area contributed by atoms with Crippen LogP contribution in [0, 0.1) is 0 Å². The number of hydrogen-bond donors (Lipinski definition) is 0. The van der Waals surface area contributed by atoms with Crippen LogP contribution in [0.2, 0.25) is 0 Å². The molecule has 6 aromatic rings. The van der Waals surface area contributed by atoms with Crippen LogP contribution in [0.3, 0.4) is 0 Å². The minimum Gasteiger partial charge on any atom is -0.399 e. The normalized spacial score (nSPS) is 20.1. The fraction of sp³-hybridized carbons (Fsp3) is 0.179. The van der Waals surface area contributed by atoms with E-state index in [2.05, 4.69) is 155 Å². The second-order valence-corrected chi connectivity index (χ2v) is 12.7. The van der Waals surface area contributed by atoms with E-state index in [-0.39, 0.29) is 11.2 Å². The van der Waals surface area contributed by atoms with Crippen LogP contribution in [0.15, 0.2) is 127 Å². The average Bonchev–Trinajstić information content (AvgIpc) is 3.45. The second kappa shape index (κ2) is 8.91. The van der Waals surface area contributed by atoms with E-state index >= 15 is 0 Å². The van der Waals surface area contributed by atoms with E-state index in [1.807, 2.05) is 0 Å². The van der Waals surface area contributed by atoms with Gasteiger partial charge in [0.1, 0.15) is 0 Å². The zero-order valence-corrected chi connectivity index (χ0v) is 24.5. The molecule has 3 heteroatoms. The van der Waals surface area contributed by atoms with Gasteiger partial charge in [0.25, 0.3) is 0 Å². The van der Waals surface area contributed by atoms with Crippen LogP contribution in [0.5, 0.6) is 0 Å². The van der Waals surface area contributed by atoms with Crippen molar-refractivity contribution in [2.24, 2.45) is 0 Å². The van der Waals surface area contributed by atoms with Gasteiger partial charge in [0, 0.05) is 0 Å². The summed E-state index contributed by atoms with van der Waals surface area (Å²) in [6.07, 6.45) is 0. The Labute approximate surface area is 248 Å². The third-order valence-corrected chi connectivity index (χ3v) is 9.98. The Morgan fingerprint density at radius 2 is 0.976 bits per heavy atom. The van der Waals surface area contributed by atoms with Crippen molar-refractivity contribution in [2.75, 3.05) is 0 Å². The molecule has 42 heavy (non-hydrogen) atoms. The lowest BCUT2D eigenvalue weighted by Crippen LogP contribution is -2.41. The molecule has 1 aliphatic heterocycles. The van der Waals surface area contributed by atoms with Crippen molar-refractivity contribution in [3.8, 4) is 11.1 Å². The first-order chi connectivity index (χ1) is 20.3. The van der Waals surface area contributed by atoms with Gasteiger partial charge in [-0.1, -0.05) is 127 Å². The second-order valence-electron chi connectivity index (χ2n) is 12.7. The van der Waals surface area contributed by atoms with E-state index in [9.17, 15) is 0 Å². The summed E-state index contributed by atoms with van der Waals surface area (Å²) in [5.74, 6) is 0. The lowest BCUT2D eigenvalue weighted by molar-refractivity contribution is 0.00578. The smallest absolute Gasteiger partial charge is 0.399 e. The van der Waals surface area contributed by atoms with E-state index in [0.29, 0.717) is 0 Å². The predicted molar refractivity (Wildman–Crippen MR) is 174 cm³/mol. The van der Waals surface area contributed by atoms with E-state index in [0.717, 1.165) is 5.46 Å². The highest BCUT2D eigenvalue weighted by atomic mass is 16.7. The zero-order valence-electron chi connectivity index (χ0n) is 24.5. The zero-order chi connectivity index (χ0) is 28.7. The molecule has 1 heterocycles. The molecule has 6 aromatic carbocycles. The van der Waals surface area contributed by atoms with Crippen molar-refractivity contribution < 1.29 is 9.31 Å². The first-order valence-electron chi connectivity index (χ1n) is 14.9. The van der Waals surface area contributed by atoms with Gasteiger partial charge in [0.2, 0.25) is 0 Å². The molecule has 1 atom stereocenters. The summed E-state index contributed by atoms with van der Waals surface area (Å²) in [6.45, 7) is 8.42. The van der Waals surface area contributed by atoms with Crippen LogP contribution < -0.4 is 5.46 Å². The first-order valence-corrected chi connectivity index (χ1v) is 14.9. The molecule has 0 saturated carbocycles. The summed E-state index contributed by atoms with van der Waals surface area (Å²) in [6, 6.07) is 46.8. The van der Waals surface area contributed by atoms with Crippen LogP contribution in [0.4, 0.5) is 0 Å². The maximum Gasteiger partial charge on any atom is 0.494 e. The highest BCUT2D eigenvalue weighted by Crippen LogP contribution is 2.60. The van der Waals surface area contributed by atoms with Crippen LogP contribution in [0.25, 0.3) is 32.7 Å². The molecule has 0 aromatic heterocycles. The molecular weight excluding hydrogens is 511 g/mol. The van der Waals surface area contributed by atoms with Gasteiger partial charge in [0.05, 0.1) is 16.6 Å². The van der Waals surface area contributed by atoms with Gasteiger partial charge in [0.15, 0.2) is 0 Å². The summed E-state index contributed by atoms with van der Waals surface area (Å²) in [7, 11) is -0.398. The van der Waals surface area contributed by atoms with E-state index in [1.54, 1.807) is 0 Å². The Balaban J connectivity index is 1.46. The number of benzene rings is 6. The molecule has 1 aliphatic carbocycles. The van der Waals surface area contributed by atoms with E-state index < -0.39 is 12.5 Å². The van der Waals surface area contributed by atoms with Crippen molar-refractivity contribution in [1.82, 2.24) is 0 Å². The van der Waals surface area contributed by atoms with Crippen LogP contribution in [0.1, 0.15) is 49.9 Å². The summed E-state index contributed by atoms with van der Waals surface area (Å²) < 4.78 is 12.8. The molecule has 8 rings (SSSR count). The van der Waals surface area contributed by atoms with Crippen molar-refractivity contribution in [2.45, 2.75) is 44.3 Å². The van der Waals surface area contributed by atoms with Gasteiger partial charge in [-0.05, 0) is 88.1 Å². The lowest BCUT2D eigenvalue weighted by atomic mass is 9.65. The fourth-order valence-electron chi connectivity index (χ4n) is 7.30. The van der Waals surface area contributed by atoms with E-state index in [1.165, 1.54) is 54.9 Å². The van der Waals surface area contributed by atoms with Gasteiger partial charge < -0.3 is 9.31 Å². The van der Waals surface area contributed by atoms with Crippen molar-refractivity contribution in [3.05, 3.63) is 150 Å². The molecule has 0 spiro atoms. The maximum atomic E-state index is 6.42. The predicted octanol–water partition coefficient (Wildman–Crippen LogP) is 8.66. The Kier molecular flexibility index (Phi) is 5.42. The van der Waals surface area contributed by atoms with Gasteiger partial charge in [-0.3, -0.25) is 0 Å². The molecule has 204 valence electrons. The first kappa shape index (κ1) is 25.5. The van der Waals surface area contributed by atoms with Crippen LogP contribution >= 0.6 is 0 Å². The molecule has 2 aliphatic rings. The molecule has 1 unspecified atom stereocenters. The standard InChI is InChI=1S/C39H33BO2/c1-37(2)38(3,4)42-40(41-37)28-24-22-27(23-25-28)39(26-14-6-5-7-15-26)34-21-13-12-20-33(34)35-31-18-10-8-16-29(31)30-17-9-11-19-32(30)36(35)39/h5-25H,1-4H3. The molecule has 0 N–H and O–H groups in total. The fourth-order valence-corrected chi connectivity index (χ4v) is 7.30. The maximum absolute atomic E-state index is 6.42.